The van der Waals surface area contributed by atoms with Crippen LogP contribution >= 0.6 is 0 Å². The average Bonchev–Trinajstić information content (AvgIpc) is 3.04. The van der Waals surface area contributed by atoms with E-state index in [0.717, 1.165) is 11.4 Å². The van der Waals surface area contributed by atoms with Crippen molar-refractivity contribution in [3.8, 4) is 5.75 Å². The maximum atomic E-state index is 11.9. The summed E-state index contributed by atoms with van der Waals surface area (Å²) in [6.45, 7) is 5.85. The second kappa shape index (κ2) is 8.33. The zero-order valence-electron chi connectivity index (χ0n) is 18.0. The number of nitrogens with zero attached hydrogens (tertiary/aromatic N) is 3. The molecule has 2 aromatic carbocycles. The molecule has 4 rings (SSSR count). The number of carbonyl (C=O) groups is 1. The van der Waals surface area contributed by atoms with Gasteiger partial charge < -0.3 is 0 Å². The Morgan fingerprint density at radius 3 is 2.78 bits per heavy atom. The van der Waals surface area contributed by atoms with Crippen molar-refractivity contribution in [2.75, 3.05) is 37.0 Å². The van der Waals surface area contributed by atoms with Gasteiger partial charge in [0.2, 0.25) is 0 Å². The number of anilines is 2. The van der Waals surface area contributed by atoms with Crippen LogP contribution < -0.4 is 19.0 Å². The molecule has 1 unspecified atom stereocenters. The predicted molar refractivity (Wildman–Crippen MR) is 125 cm³/mol. The number of nitro benzene ring substituents is 1. The van der Waals surface area contributed by atoms with Crippen LogP contribution in [0.25, 0.3) is 6.08 Å². The van der Waals surface area contributed by atoms with Crippen LogP contribution in [-0.2, 0) is 9.53 Å². The molecule has 0 radical (unpaired) electrons. The van der Waals surface area contributed by atoms with Gasteiger partial charge in [-0.05, 0) is 0 Å². The second-order valence-corrected chi connectivity index (χ2v) is 10.3. The minimum absolute atomic E-state index is 0.0207. The number of hydrogen-bond acceptors (Lipinski definition) is 7. The summed E-state index contributed by atoms with van der Waals surface area (Å²) in [5, 5.41) is 11.1. The van der Waals surface area contributed by atoms with Gasteiger partial charge in [0, 0.05) is 0 Å². The topological polar surface area (TPSA) is 85.2 Å². The number of carbonyl (C=O) groups excluding carboxylic acids is 1. The van der Waals surface area contributed by atoms with Gasteiger partial charge in [-0.3, -0.25) is 0 Å². The molecule has 0 amide bonds. The van der Waals surface area contributed by atoms with E-state index in [4.69, 9.17) is 9.47 Å². The Morgan fingerprint density at radius 2 is 2.09 bits per heavy atom. The third kappa shape index (κ3) is 3.97. The van der Waals surface area contributed by atoms with Gasteiger partial charge >= 0.3 is 192 Å². The van der Waals surface area contributed by atoms with Gasteiger partial charge in [-0.1, -0.05) is 0 Å². The third-order valence-corrected chi connectivity index (χ3v) is 7.90. The fourth-order valence-corrected chi connectivity index (χ4v) is 6.38. The maximum absolute atomic E-state index is 11.9. The molecule has 166 valence electrons. The molecule has 0 fully saturated rings. The van der Waals surface area contributed by atoms with Crippen LogP contribution in [0.3, 0.4) is 0 Å². The van der Waals surface area contributed by atoms with Gasteiger partial charge in [0.05, 0.1) is 0 Å². The first-order valence-corrected chi connectivity index (χ1v) is 11.7. The molecule has 32 heavy (non-hydrogen) atoms. The fraction of sp³-hybridized carbons (Fsp3) is 0.261. The van der Waals surface area contributed by atoms with Crippen LogP contribution in [0.15, 0.2) is 54.6 Å². The first-order valence-electron chi connectivity index (χ1n) is 9.97. The van der Waals surface area contributed by atoms with Crippen molar-refractivity contribution >= 4 is 48.5 Å². The molecule has 0 aromatic heterocycles. The van der Waals surface area contributed by atoms with E-state index in [-0.39, 0.29) is 27.3 Å². The number of benzene rings is 2. The number of ether oxygens (including phenoxy) is 2. The molecule has 0 saturated carbocycles. The molecule has 2 aromatic rings. The summed E-state index contributed by atoms with van der Waals surface area (Å²) in [5.41, 5.74) is 3.15. The Labute approximate surface area is 192 Å². The van der Waals surface area contributed by atoms with Gasteiger partial charge in [0.25, 0.3) is 0 Å². The molecule has 2 aliphatic rings. The third-order valence-electron chi connectivity index (χ3n) is 5.21. The Kier molecular flexibility index (Phi) is 5.71. The van der Waals surface area contributed by atoms with Crippen LogP contribution in [0.4, 0.5) is 17.1 Å². The molecule has 1 atom stereocenters. The van der Waals surface area contributed by atoms with E-state index in [9.17, 15) is 14.9 Å². The molecule has 0 saturated heterocycles. The molecule has 9 heteroatoms. The summed E-state index contributed by atoms with van der Waals surface area (Å²) in [4.78, 5) is 26.7. The molecule has 0 aliphatic carbocycles. The summed E-state index contributed by atoms with van der Waals surface area (Å²) in [7, 11) is 3.99. The van der Waals surface area contributed by atoms with Gasteiger partial charge in [-0.15, -0.1) is 0 Å². The SMILES string of the molecule is C=C(C)C(=O)OCCN1c2ccc(N(C)C)cc2[Se]C12C=Cc1cc([N+](=O)[O-])ccc1O2. The van der Waals surface area contributed by atoms with Crippen molar-refractivity contribution in [2.45, 2.75) is 11.5 Å². The Morgan fingerprint density at radius 1 is 1.31 bits per heavy atom. The standard InChI is InChI=1S/C23H23N3O5Se/c1-15(2)22(27)30-12-11-25-19-7-5-17(24(3)4)14-21(19)32-23(25)10-9-16-13-18(26(28)29)6-8-20(16)31-23/h5-10,13-14H,1,11-12H2,2-4H3. The Balaban J connectivity index is 1.67. The van der Waals surface area contributed by atoms with E-state index in [2.05, 4.69) is 23.6 Å². The Bertz CT molecular complexity index is 1150. The van der Waals surface area contributed by atoms with Crippen LogP contribution in [-0.4, -0.2) is 57.7 Å². The number of rotatable bonds is 6. The summed E-state index contributed by atoms with van der Waals surface area (Å²) < 4.78 is 12.3. The van der Waals surface area contributed by atoms with E-state index >= 15 is 0 Å². The van der Waals surface area contributed by atoms with Crippen molar-refractivity contribution in [3.63, 3.8) is 0 Å². The van der Waals surface area contributed by atoms with Crippen molar-refractivity contribution in [3.05, 3.63) is 70.3 Å². The van der Waals surface area contributed by atoms with Gasteiger partial charge in [-0.25, -0.2) is 0 Å². The first-order chi connectivity index (χ1) is 15.2. The van der Waals surface area contributed by atoms with Crippen molar-refractivity contribution in [1.82, 2.24) is 0 Å². The molecule has 8 nitrogen and oxygen atoms in total. The van der Waals surface area contributed by atoms with Crippen molar-refractivity contribution < 1.29 is 19.2 Å². The van der Waals surface area contributed by atoms with Gasteiger partial charge in [-0.2, -0.15) is 0 Å². The summed E-state index contributed by atoms with van der Waals surface area (Å²) in [6.07, 6.45) is 3.83. The Hall–Kier alpha value is -3.29. The molecule has 2 heterocycles. The monoisotopic (exact) mass is 501 g/mol. The minimum atomic E-state index is -0.751. The number of nitro groups is 1. The van der Waals surface area contributed by atoms with E-state index in [1.54, 1.807) is 13.0 Å². The van der Waals surface area contributed by atoms with Gasteiger partial charge in [0.1, 0.15) is 0 Å². The van der Waals surface area contributed by atoms with Crippen molar-refractivity contribution in [1.29, 1.82) is 0 Å². The average molecular weight is 500 g/mol. The zero-order valence-corrected chi connectivity index (χ0v) is 19.7. The summed E-state index contributed by atoms with van der Waals surface area (Å²) >= 11 is -0.122. The number of non-ortho nitro benzene ring substituents is 1. The van der Waals surface area contributed by atoms with E-state index in [1.807, 2.05) is 37.2 Å². The summed E-state index contributed by atoms with van der Waals surface area (Å²) in [5.74, 6) is 0.161. The van der Waals surface area contributed by atoms with Crippen LogP contribution in [0.5, 0.6) is 5.75 Å². The molecule has 0 N–H and O–H groups in total. The van der Waals surface area contributed by atoms with Crippen LogP contribution in [0, 0.1) is 10.1 Å². The van der Waals surface area contributed by atoms with Crippen LogP contribution in [0.1, 0.15) is 12.5 Å². The first kappa shape index (κ1) is 21.9. The van der Waals surface area contributed by atoms with E-state index in [0.29, 0.717) is 23.4 Å². The predicted octanol–water partition coefficient (Wildman–Crippen LogP) is 2.69. The quantitative estimate of drug-likeness (QED) is 0.198. The normalized spacial score (nSPS) is 18.0. The van der Waals surface area contributed by atoms with Gasteiger partial charge in [0.15, 0.2) is 0 Å². The second-order valence-electron chi connectivity index (χ2n) is 7.76. The van der Waals surface area contributed by atoms with Crippen molar-refractivity contribution in [2.24, 2.45) is 0 Å². The number of esters is 1. The fourth-order valence-electron chi connectivity index (χ4n) is 3.55. The molecule has 1 spiro atoms. The molecule has 0 bridgehead atoms. The molecule has 2 aliphatic heterocycles. The number of hydrogen-bond donors (Lipinski definition) is 0. The van der Waals surface area contributed by atoms with E-state index in [1.165, 1.54) is 16.6 Å². The van der Waals surface area contributed by atoms with E-state index < -0.39 is 15.5 Å². The summed E-state index contributed by atoms with van der Waals surface area (Å²) in [6, 6.07) is 10.9. The molecular formula is C23H23N3O5Se. The van der Waals surface area contributed by atoms with Crippen LogP contribution in [0.2, 0.25) is 0 Å². The zero-order chi connectivity index (χ0) is 23.0. The molecular weight excluding hydrogens is 477 g/mol. The number of fused-ring (bicyclic) bond motifs is 2.